The fourth-order valence-corrected chi connectivity index (χ4v) is 2.98. The van der Waals surface area contributed by atoms with Crippen LogP contribution in [0.15, 0.2) is 0 Å². The van der Waals surface area contributed by atoms with Gasteiger partial charge in [-0.1, -0.05) is 20.8 Å². The summed E-state index contributed by atoms with van der Waals surface area (Å²) in [6.07, 6.45) is 3.84. The molecule has 0 aromatic heterocycles. The standard InChI is InChI=1S/C10H18O/c1-6(2)10-7(3)8-4-5-9(10)11-8/h6-10H,4-5H2,1-3H3. The highest BCUT2D eigenvalue weighted by Crippen LogP contribution is 2.46. The van der Waals surface area contributed by atoms with Crippen molar-refractivity contribution in [3.05, 3.63) is 0 Å². The van der Waals surface area contributed by atoms with E-state index in [9.17, 15) is 0 Å². The monoisotopic (exact) mass is 154 g/mol. The van der Waals surface area contributed by atoms with Crippen LogP contribution in [-0.2, 0) is 4.74 Å². The minimum Gasteiger partial charge on any atom is -0.374 e. The van der Waals surface area contributed by atoms with E-state index in [4.69, 9.17) is 4.74 Å². The van der Waals surface area contributed by atoms with Crippen LogP contribution in [0.25, 0.3) is 0 Å². The maximum absolute atomic E-state index is 5.86. The van der Waals surface area contributed by atoms with Gasteiger partial charge in [-0.2, -0.15) is 0 Å². The maximum atomic E-state index is 5.86. The van der Waals surface area contributed by atoms with Gasteiger partial charge in [0.1, 0.15) is 0 Å². The van der Waals surface area contributed by atoms with Gasteiger partial charge in [0.15, 0.2) is 0 Å². The zero-order valence-corrected chi connectivity index (χ0v) is 7.71. The fourth-order valence-electron chi connectivity index (χ4n) is 2.98. The van der Waals surface area contributed by atoms with Gasteiger partial charge in [-0.3, -0.25) is 0 Å². The van der Waals surface area contributed by atoms with E-state index >= 15 is 0 Å². The first-order chi connectivity index (χ1) is 5.20. The van der Waals surface area contributed by atoms with E-state index in [-0.39, 0.29) is 0 Å². The summed E-state index contributed by atoms with van der Waals surface area (Å²) in [7, 11) is 0. The molecule has 0 radical (unpaired) electrons. The summed E-state index contributed by atoms with van der Waals surface area (Å²) in [6, 6.07) is 0. The molecule has 2 fully saturated rings. The van der Waals surface area contributed by atoms with E-state index in [1.165, 1.54) is 12.8 Å². The van der Waals surface area contributed by atoms with E-state index < -0.39 is 0 Å². The summed E-state index contributed by atoms with van der Waals surface area (Å²) in [5.41, 5.74) is 0. The van der Waals surface area contributed by atoms with Crippen LogP contribution in [0.3, 0.4) is 0 Å². The van der Waals surface area contributed by atoms with E-state index in [0.29, 0.717) is 12.2 Å². The van der Waals surface area contributed by atoms with Gasteiger partial charge in [0.2, 0.25) is 0 Å². The van der Waals surface area contributed by atoms with Gasteiger partial charge >= 0.3 is 0 Å². The lowest BCUT2D eigenvalue weighted by Crippen LogP contribution is -2.28. The highest BCUT2D eigenvalue weighted by Gasteiger charge is 2.47. The van der Waals surface area contributed by atoms with Gasteiger partial charge in [0, 0.05) is 0 Å². The number of fused-ring (bicyclic) bond motifs is 2. The Morgan fingerprint density at radius 1 is 1.18 bits per heavy atom. The summed E-state index contributed by atoms with van der Waals surface area (Å²) in [4.78, 5) is 0. The molecule has 2 bridgehead atoms. The molecule has 0 aromatic carbocycles. The lowest BCUT2D eigenvalue weighted by molar-refractivity contribution is 0.0833. The van der Waals surface area contributed by atoms with Crippen molar-refractivity contribution >= 4 is 0 Å². The average Bonchev–Trinajstić information content (AvgIpc) is 2.44. The Morgan fingerprint density at radius 2 is 1.82 bits per heavy atom. The molecule has 0 spiro atoms. The molecule has 1 nitrogen and oxygen atoms in total. The fraction of sp³-hybridized carbons (Fsp3) is 1.00. The zero-order chi connectivity index (χ0) is 8.01. The van der Waals surface area contributed by atoms with Gasteiger partial charge in [0.25, 0.3) is 0 Å². The molecule has 0 aliphatic carbocycles. The van der Waals surface area contributed by atoms with Gasteiger partial charge in [-0.25, -0.2) is 0 Å². The van der Waals surface area contributed by atoms with E-state index in [1.807, 2.05) is 0 Å². The minimum atomic E-state index is 0.604. The molecule has 2 rings (SSSR count). The Labute approximate surface area is 69.1 Å². The summed E-state index contributed by atoms with van der Waals surface area (Å²) < 4.78 is 5.86. The Morgan fingerprint density at radius 3 is 2.18 bits per heavy atom. The number of hydrogen-bond acceptors (Lipinski definition) is 1. The minimum absolute atomic E-state index is 0.604. The maximum Gasteiger partial charge on any atom is 0.0614 e. The molecule has 1 heteroatoms. The van der Waals surface area contributed by atoms with Crippen LogP contribution in [0, 0.1) is 17.8 Å². The Bertz CT molecular complexity index is 151. The molecule has 0 amide bonds. The summed E-state index contributed by atoms with van der Waals surface area (Å²) in [6.45, 7) is 7.00. The molecule has 2 aliphatic heterocycles. The molecule has 11 heavy (non-hydrogen) atoms. The van der Waals surface area contributed by atoms with Gasteiger partial charge in [-0.15, -0.1) is 0 Å². The second kappa shape index (κ2) is 2.48. The third-order valence-electron chi connectivity index (χ3n) is 3.48. The third kappa shape index (κ3) is 1.01. The molecule has 2 heterocycles. The molecular formula is C10H18O. The van der Waals surface area contributed by atoms with Gasteiger partial charge in [-0.05, 0) is 30.6 Å². The van der Waals surface area contributed by atoms with Crippen LogP contribution in [0.4, 0.5) is 0 Å². The highest BCUT2D eigenvalue weighted by molar-refractivity contribution is 4.95. The van der Waals surface area contributed by atoms with Crippen molar-refractivity contribution in [3.63, 3.8) is 0 Å². The molecular weight excluding hydrogens is 136 g/mol. The molecule has 4 unspecified atom stereocenters. The molecule has 2 saturated heterocycles. The second-order valence-corrected chi connectivity index (χ2v) is 4.47. The first-order valence-corrected chi connectivity index (χ1v) is 4.85. The van der Waals surface area contributed by atoms with Crippen molar-refractivity contribution in [2.75, 3.05) is 0 Å². The summed E-state index contributed by atoms with van der Waals surface area (Å²) in [5.74, 6) is 2.46. The SMILES string of the molecule is CC(C)C1C2CCC(O2)C1C. The lowest BCUT2D eigenvalue weighted by Gasteiger charge is -2.27. The summed E-state index contributed by atoms with van der Waals surface area (Å²) >= 11 is 0. The predicted octanol–water partition coefficient (Wildman–Crippen LogP) is 2.46. The van der Waals surface area contributed by atoms with Crippen molar-refractivity contribution in [2.24, 2.45) is 17.8 Å². The smallest absolute Gasteiger partial charge is 0.0614 e. The number of hydrogen-bond donors (Lipinski definition) is 0. The Balaban J connectivity index is 2.11. The normalized spacial score (nSPS) is 49.1. The van der Waals surface area contributed by atoms with E-state index in [2.05, 4.69) is 20.8 Å². The molecule has 2 aliphatic rings. The average molecular weight is 154 g/mol. The van der Waals surface area contributed by atoms with E-state index in [1.54, 1.807) is 0 Å². The van der Waals surface area contributed by atoms with Crippen LogP contribution in [0.5, 0.6) is 0 Å². The molecule has 0 N–H and O–H groups in total. The highest BCUT2D eigenvalue weighted by atomic mass is 16.5. The summed E-state index contributed by atoms with van der Waals surface area (Å²) in [5, 5.41) is 0. The number of ether oxygens (including phenoxy) is 1. The van der Waals surface area contributed by atoms with Crippen molar-refractivity contribution in [1.29, 1.82) is 0 Å². The van der Waals surface area contributed by atoms with Crippen LogP contribution >= 0.6 is 0 Å². The van der Waals surface area contributed by atoms with Crippen molar-refractivity contribution in [3.8, 4) is 0 Å². The largest absolute Gasteiger partial charge is 0.374 e. The first kappa shape index (κ1) is 7.60. The van der Waals surface area contributed by atoms with Crippen LogP contribution in [0.2, 0.25) is 0 Å². The molecule has 0 saturated carbocycles. The Hall–Kier alpha value is -0.0400. The molecule has 0 aromatic rings. The quantitative estimate of drug-likeness (QED) is 0.563. The zero-order valence-electron chi connectivity index (χ0n) is 7.71. The van der Waals surface area contributed by atoms with Gasteiger partial charge < -0.3 is 4.74 Å². The van der Waals surface area contributed by atoms with Crippen LogP contribution in [-0.4, -0.2) is 12.2 Å². The van der Waals surface area contributed by atoms with Crippen LogP contribution < -0.4 is 0 Å². The van der Waals surface area contributed by atoms with Crippen molar-refractivity contribution in [2.45, 2.75) is 45.8 Å². The van der Waals surface area contributed by atoms with Gasteiger partial charge in [0.05, 0.1) is 12.2 Å². The third-order valence-corrected chi connectivity index (χ3v) is 3.48. The van der Waals surface area contributed by atoms with E-state index in [0.717, 1.165) is 17.8 Å². The van der Waals surface area contributed by atoms with Crippen LogP contribution in [0.1, 0.15) is 33.6 Å². The number of rotatable bonds is 1. The second-order valence-electron chi connectivity index (χ2n) is 4.47. The first-order valence-electron chi connectivity index (χ1n) is 4.85. The van der Waals surface area contributed by atoms with Crippen molar-refractivity contribution < 1.29 is 4.74 Å². The van der Waals surface area contributed by atoms with Crippen molar-refractivity contribution in [1.82, 2.24) is 0 Å². The molecule has 4 atom stereocenters. The predicted molar refractivity (Wildman–Crippen MR) is 45.4 cm³/mol. The molecule has 64 valence electrons. The Kier molecular flexibility index (Phi) is 1.71. The topological polar surface area (TPSA) is 9.23 Å². The lowest BCUT2D eigenvalue weighted by atomic mass is 9.74.